The van der Waals surface area contributed by atoms with Crippen LogP contribution in [0.25, 0.3) is 0 Å². The molecule has 0 radical (unpaired) electrons. The van der Waals surface area contributed by atoms with E-state index in [0.717, 1.165) is 10.0 Å². The lowest BCUT2D eigenvalue weighted by atomic mass is 10.2. The number of anilines is 1. The van der Waals surface area contributed by atoms with Gasteiger partial charge in [-0.3, -0.25) is 14.2 Å². The van der Waals surface area contributed by atoms with Crippen LogP contribution in [-0.4, -0.2) is 25.5 Å². The van der Waals surface area contributed by atoms with Gasteiger partial charge in [0.15, 0.2) is 5.82 Å². The Balaban J connectivity index is 1.66. The molecule has 130 valence electrons. The van der Waals surface area contributed by atoms with Crippen LogP contribution in [0.2, 0.25) is 10.0 Å². The van der Waals surface area contributed by atoms with Crippen LogP contribution in [0.4, 0.5) is 5.82 Å². The van der Waals surface area contributed by atoms with Crippen LogP contribution in [0, 0.1) is 0 Å². The van der Waals surface area contributed by atoms with Crippen LogP contribution in [0.15, 0.2) is 47.3 Å². The summed E-state index contributed by atoms with van der Waals surface area (Å²) in [5.41, 5.74) is 0.891. The maximum absolute atomic E-state index is 12.3. The van der Waals surface area contributed by atoms with E-state index in [2.05, 4.69) is 31.4 Å². The zero-order valence-corrected chi connectivity index (χ0v) is 16.3. The summed E-state index contributed by atoms with van der Waals surface area (Å²) in [5, 5.41) is 12.4. The fourth-order valence-electron chi connectivity index (χ4n) is 2.22. The number of nitrogens with zero attached hydrogens (tertiary/aromatic N) is 4. The number of benzene rings is 1. The molecule has 1 amide bonds. The molecule has 25 heavy (non-hydrogen) atoms. The Bertz CT molecular complexity index is 908. The Hall–Kier alpha value is -1.83. The van der Waals surface area contributed by atoms with Gasteiger partial charge in [-0.15, -0.1) is 0 Å². The van der Waals surface area contributed by atoms with Crippen molar-refractivity contribution in [3.63, 3.8) is 0 Å². The molecule has 0 fully saturated rings. The average Bonchev–Trinajstić information content (AvgIpc) is 3.18. The number of aromatic nitrogens is 4. The first-order chi connectivity index (χ1) is 11.9. The van der Waals surface area contributed by atoms with E-state index in [-0.39, 0.29) is 5.91 Å². The van der Waals surface area contributed by atoms with Crippen molar-refractivity contribution in [3.05, 3.63) is 62.9 Å². The topological polar surface area (TPSA) is 64.7 Å². The molecule has 6 nitrogen and oxygen atoms in total. The summed E-state index contributed by atoms with van der Waals surface area (Å²) >= 11 is 15.4. The summed E-state index contributed by atoms with van der Waals surface area (Å²) in [4.78, 5) is 12.3. The van der Waals surface area contributed by atoms with Crippen LogP contribution in [0.5, 0.6) is 0 Å². The predicted molar refractivity (Wildman–Crippen MR) is 101 cm³/mol. The minimum absolute atomic E-state index is 0.203. The van der Waals surface area contributed by atoms with Crippen molar-refractivity contribution < 1.29 is 4.79 Å². The number of nitrogens with one attached hydrogen (secondary N) is 1. The van der Waals surface area contributed by atoms with Crippen molar-refractivity contribution in [1.82, 2.24) is 19.6 Å². The van der Waals surface area contributed by atoms with Gasteiger partial charge in [-0.05, 0) is 40.5 Å². The molecule has 1 unspecified atom stereocenters. The zero-order valence-electron chi connectivity index (χ0n) is 13.2. The van der Waals surface area contributed by atoms with Gasteiger partial charge in [-0.2, -0.15) is 10.2 Å². The number of rotatable bonds is 5. The number of carbonyl (C=O) groups is 1. The van der Waals surface area contributed by atoms with E-state index >= 15 is 0 Å². The first-order valence-corrected chi connectivity index (χ1v) is 8.95. The summed E-state index contributed by atoms with van der Waals surface area (Å²) in [6.07, 6.45) is 5.15. The second-order valence-electron chi connectivity index (χ2n) is 5.44. The number of hydrogen-bond donors (Lipinski definition) is 1. The molecular formula is C16H14BrCl2N5O. The third kappa shape index (κ3) is 4.42. The van der Waals surface area contributed by atoms with Gasteiger partial charge in [0.05, 0.1) is 17.2 Å². The summed E-state index contributed by atoms with van der Waals surface area (Å²) in [6.45, 7) is 2.24. The predicted octanol–water partition coefficient (Wildman–Crippen LogP) is 4.40. The number of halogens is 3. The molecule has 3 aromatic rings. The molecule has 9 heteroatoms. The highest BCUT2D eigenvalue weighted by Gasteiger charge is 2.17. The Morgan fingerprint density at radius 1 is 1.36 bits per heavy atom. The maximum atomic E-state index is 12.3. The molecule has 3 rings (SSSR count). The Kier molecular flexibility index (Phi) is 5.46. The van der Waals surface area contributed by atoms with Crippen LogP contribution in [0.1, 0.15) is 18.5 Å². The van der Waals surface area contributed by atoms with Crippen molar-refractivity contribution in [1.29, 1.82) is 0 Å². The normalized spacial score (nSPS) is 12.2. The first kappa shape index (κ1) is 18.0. The second kappa shape index (κ2) is 7.59. The number of hydrogen-bond acceptors (Lipinski definition) is 3. The lowest BCUT2D eigenvalue weighted by Gasteiger charge is -2.11. The molecule has 1 atom stereocenters. The van der Waals surface area contributed by atoms with Crippen LogP contribution >= 0.6 is 39.1 Å². The van der Waals surface area contributed by atoms with E-state index in [0.29, 0.717) is 22.4 Å². The van der Waals surface area contributed by atoms with Crippen molar-refractivity contribution >= 4 is 50.9 Å². The highest BCUT2D eigenvalue weighted by molar-refractivity contribution is 9.10. The van der Waals surface area contributed by atoms with E-state index in [1.807, 2.05) is 6.07 Å². The van der Waals surface area contributed by atoms with Crippen molar-refractivity contribution in [2.75, 3.05) is 5.32 Å². The molecule has 0 aliphatic carbocycles. The summed E-state index contributed by atoms with van der Waals surface area (Å²) in [7, 11) is 0. The fourth-order valence-corrected chi connectivity index (χ4v) is 2.99. The standard InChI is InChI=1S/C16H14BrCl2N5O/c1-10(24-9-12(17)7-20-24)16(25)21-15-4-5-23(22-15)8-11-2-3-13(18)6-14(11)19/h2-7,9-10H,8H2,1H3,(H,21,22,25). The van der Waals surface area contributed by atoms with E-state index < -0.39 is 6.04 Å². The van der Waals surface area contributed by atoms with Crippen LogP contribution in [0.3, 0.4) is 0 Å². The zero-order chi connectivity index (χ0) is 18.0. The van der Waals surface area contributed by atoms with Gasteiger partial charge in [-0.25, -0.2) is 0 Å². The molecule has 0 saturated carbocycles. The van der Waals surface area contributed by atoms with Crippen molar-refractivity contribution in [2.45, 2.75) is 19.5 Å². The van der Waals surface area contributed by atoms with Crippen molar-refractivity contribution in [3.8, 4) is 0 Å². The first-order valence-electron chi connectivity index (χ1n) is 7.40. The van der Waals surface area contributed by atoms with Gasteiger partial charge in [0.25, 0.3) is 0 Å². The monoisotopic (exact) mass is 441 g/mol. The van der Waals surface area contributed by atoms with Gasteiger partial charge in [-0.1, -0.05) is 29.3 Å². The molecule has 1 N–H and O–H groups in total. The molecule has 0 saturated heterocycles. The molecule has 1 aromatic carbocycles. The van der Waals surface area contributed by atoms with Gasteiger partial charge in [0.2, 0.25) is 5.91 Å². The fraction of sp³-hybridized carbons (Fsp3) is 0.188. The summed E-state index contributed by atoms with van der Waals surface area (Å²) < 4.78 is 4.08. The maximum Gasteiger partial charge on any atom is 0.250 e. The summed E-state index contributed by atoms with van der Waals surface area (Å²) in [6, 6.07) is 6.59. The Labute approximate surface area is 162 Å². The SMILES string of the molecule is CC(C(=O)Nc1ccn(Cc2ccc(Cl)cc2Cl)n1)n1cc(Br)cn1. The van der Waals surface area contributed by atoms with E-state index in [1.54, 1.807) is 53.1 Å². The summed E-state index contributed by atoms with van der Waals surface area (Å²) in [5.74, 6) is 0.263. The van der Waals surface area contributed by atoms with E-state index in [9.17, 15) is 4.79 Å². The van der Waals surface area contributed by atoms with E-state index in [1.165, 1.54) is 0 Å². The minimum Gasteiger partial charge on any atom is -0.307 e. The Morgan fingerprint density at radius 3 is 2.84 bits per heavy atom. The average molecular weight is 443 g/mol. The third-order valence-corrected chi connectivity index (χ3v) is 4.58. The highest BCUT2D eigenvalue weighted by atomic mass is 79.9. The van der Waals surface area contributed by atoms with Gasteiger partial charge in [0.1, 0.15) is 6.04 Å². The Morgan fingerprint density at radius 2 is 2.16 bits per heavy atom. The second-order valence-corrected chi connectivity index (χ2v) is 7.20. The molecule has 0 bridgehead atoms. The number of carbonyl (C=O) groups excluding carboxylic acids is 1. The molecule has 0 aliphatic rings. The van der Waals surface area contributed by atoms with Crippen LogP contribution in [-0.2, 0) is 11.3 Å². The van der Waals surface area contributed by atoms with Crippen LogP contribution < -0.4 is 5.32 Å². The van der Waals surface area contributed by atoms with Crippen molar-refractivity contribution in [2.24, 2.45) is 0 Å². The third-order valence-electron chi connectivity index (χ3n) is 3.59. The lowest BCUT2D eigenvalue weighted by Crippen LogP contribution is -2.24. The minimum atomic E-state index is -0.456. The lowest BCUT2D eigenvalue weighted by molar-refractivity contribution is -0.119. The molecule has 0 aliphatic heterocycles. The van der Waals surface area contributed by atoms with Gasteiger partial charge < -0.3 is 5.32 Å². The number of amides is 1. The largest absolute Gasteiger partial charge is 0.307 e. The molecule has 2 aromatic heterocycles. The quantitative estimate of drug-likeness (QED) is 0.636. The molecule has 0 spiro atoms. The van der Waals surface area contributed by atoms with Gasteiger partial charge in [0, 0.05) is 28.5 Å². The smallest absolute Gasteiger partial charge is 0.250 e. The highest BCUT2D eigenvalue weighted by Crippen LogP contribution is 2.22. The molecule has 2 heterocycles. The van der Waals surface area contributed by atoms with Gasteiger partial charge >= 0.3 is 0 Å². The van der Waals surface area contributed by atoms with E-state index in [4.69, 9.17) is 23.2 Å². The molecular weight excluding hydrogens is 429 g/mol.